The fourth-order valence-electron chi connectivity index (χ4n) is 1.08. The molecule has 1 aliphatic rings. The summed E-state index contributed by atoms with van der Waals surface area (Å²) in [5, 5.41) is 0. The van der Waals surface area contributed by atoms with Crippen LogP contribution >= 0.6 is 0 Å². The molecule has 0 aromatic heterocycles. The van der Waals surface area contributed by atoms with Crippen LogP contribution in [0.1, 0.15) is 13.3 Å². The highest BCUT2D eigenvalue weighted by atomic mass is 16.2. The van der Waals surface area contributed by atoms with Gasteiger partial charge in [-0.2, -0.15) is 0 Å². The average molecular weight is 128 g/mol. The van der Waals surface area contributed by atoms with E-state index in [9.17, 15) is 4.79 Å². The van der Waals surface area contributed by atoms with Crippen molar-refractivity contribution in [1.82, 2.24) is 4.90 Å². The first-order chi connectivity index (χ1) is 4.25. The zero-order valence-electron chi connectivity index (χ0n) is 5.63. The molecular weight excluding hydrogens is 116 g/mol. The summed E-state index contributed by atoms with van der Waals surface area (Å²) < 4.78 is 0. The average Bonchev–Trinajstić information content (AvgIpc) is 2.15. The van der Waals surface area contributed by atoms with Crippen LogP contribution in [0.2, 0.25) is 0 Å². The molecule has 9 heavy (non-hydrogen) atoms. The second-order valence-corrected chi connectivity index (χ2v) is 2.31. The van der Waals surface area contributed by atoms with E-state index in [1.54, 1.807) is 4.90 Å². The van der Waals surface area contributed by atoms with Crippen molar-refractivity contribution in [2.75, 3.05) is 13.1 Å². The number of hydrogen-bond donors (Lipinski definition) is 1. The van der Waals surface area contributed by atoms with Crippen LogP contribution in [-0.2, 0) is 4.79 Å². The number of likely N-dealkylation sites (tertiary alicyclic amines) is 1. The molecule has 0 bridgehead atoms. The first kappa shape index (κ1) is 6.55. The van der Waals surface area contributed by atoms with Gasteiger partial charge in [0.25, 0.3) is 0 Å². The maximum absolute atomic E-state index is 10.9. The molecule has 1 fully saturated rings. The fraction of sp³-hybridized carbons (Fsp3) is 0.833. The Hall–Kier alpha value is -0.570. The smallest absolute Gasteiger partial charge is 0.239 e. The van der Waals surface area contributed by atoms with Crippen molar-refractivity contribution < 1.29 is 4.79 Å². The van der Waals surface area contributed by atoms with Crippen molar-refractivity contribution in [1.29, 1.82) is 0 Å². The van der Waals surface area contributed by atoms with Crippen molar-refractivity contribution in [3.8, 4) is 0 Å². The molecule has 0 unspecified atom stereocenters. The second kappa shape index (κ2) is 2.35. The molecule has 0 radical (unpaired) electrons. The van der Waals surface area contributed by atoms with Gasteiger partial charge in [0.15, 0.2) is 0 Å². The maximum Gasteiger partial charge on any atom is 0.239 e. The van der Waals surface area contributed by atoms with Gasteiger partial charge in [0.05, 0.1) is 6.04 Å². The quantitative estimate of drug-likeness (QED) is 0.520. The summed E-state index contributed by atoms with van der Waals surface area (Å²) in [5.74, 6) is 0.109. The predicted molar refractivity (Wildman–Crippen MR) is 34.8 cm³/mol. The highest BCUT2D eigenvalue weighted by molar-refractivity contribution is 5.83. The van der Waals surface area contributed by atoms with Gasteiger partial charge in [0.1, 0.15) is 0 Å². The van der Waals surface area contributed by atoms with E-state index in [0.717, 1.165) is 19.5 Å². The lowest BCUT2D eigenvalue weighted by Crippen LogP contribution is -2.33. The van der Waals surface area contributed by atoms with Gasteiger partial charge in [0, 0.05) is 13.1 Å². The number of likely N-dealkylation sites (N-methyl/N-ethyl adjacent to an activating group) is 1. The highest BCUT2D eigenvalue weighted by Crippen LogP contribution is 2.06. The summed E-state index contributed by atoms with van der Waals surface area (Å²) in [5.41, 5.74) is 5.45. The Balaban J connectivity index is 2.51. The Kier molecular flexibility index (Phi) is 1.71. The van der Waals surface area contributed by atoms with Gasteiger partial charge in [-0.25, -0.2) is 0 Å². The predicted octanol–water partition coefficient (Wildman–Crippen LogP) is -0.434. The van der Waals surface area contributed by atoms with Crippen LogP contribution in [0.15, 0.2) is 0 Å². The van der Waals surface area contributed by atoms with Crippen LogP contribution < -0.4 is 5.73 Å². The van der Waals surface area contributed by atoms with E-state index >= 15 is 0 Å². The summed E-state index contributed by atoms with van der Waals surface area (Å²) >= 11 is 0. The minimum atomic E-state index is -0.218. The molecule has 3 heteroatoms. The Morgan fingerprint density at radius 2 is 2.56 bits per heavy atom. The van der Waals surface area contributed by atoms with Crippen LogP contribution in [0, 0.1) is 0 Å². The topological polar surface area (TPSA) is 46.3 Å². The third-order valence-electron chi connectivity index (χ3n) is 1.72. The van der Waals surface area contributed by atoms with Crippen molar-refractivity contribution in [2.45, 2.75) is 19.4 Å². The van der Waals surface area contributed by atoms with Crippen LogP contribution in [0.5, 0.6) is 0 Å². The number of carbonyl (C=O) groups is 1. The van der Waals surface area contributed by atoms with Gasteiger partial charge in [0.2, 0.25) is 5.91 Å². The number of hydrogen-bond acceptors (Lipinski definition) is 2. The third-order valence-corrected chi connectivity index (χ3v) is 1.72. The number of carbonyl (C=O) groups excluding carboxylic acids is 1. The van der Waals surface area contributed by atoms with E-state index in [0.29, 0.717) is 0 Å². The molecule has 0 saturated carbocycles. The Morgan fingerprint density at radius 3 is 2.78 bits per heavy atom. The zero-order chi connectivity index (χ0) is 6.85. The normalized spacial score (nSPS) is 27.6. The third kappa shape index (κ3) is 1.05. The van der Waals surface area contributed by atoms with Crippen molar-refractivity contribution in [3.63, 3.8) is 0 Å². The highest BCUT2D eigenvalue weighted by Gasteiger charge is 2.26. The standard InChI is InChI=1S/C6H12N2O/c1-2-8-4-3-5(7)6(8)9/h5H,2-4,7H2,1H3/t5-/m0/s1. The van der Waals surface area contributed by atoms with Crippen LogP contribution in [0.3, 0.4) is 0 Å². The summed E-state index contributed by atoms with van der Waals surface area (Å²) in [7, 11) is 0. The summed E-state index contributed by atoms with van der Waals surface area (Å²) in [6.07, 6.45) is 0.826. The number of rotatable bonds is 1. The van der Waals surface area contributed by atoms with Crippen molar-refractivity contribution >= 4 is 5.91 Å². The molecule has 1 aliphatic heterocycles. The Bertz CT molecular complexity index is 124. The molecule has 1 saturated heterocycles. The van der Waals surface area contributed by atoms with E-state index in [1.807, 2.05) is 6.92 Å². The van der Waals surface area contributed by atoms with E-state index in [1.165, 1.54) is 0 Å². The molecule has 0 aromatic rings. The minimum absolute atomic E-state index is 0.109. The molecular formula is C6H12N2O. The Morgan fingerprint density at radius 1 is 1.89 bits per heavy atom. The van der Waals surface area contributed by atoms with Gasteiger partial charge >= 0.3 is 0 Å². The van der Waals surface area contributed by atoms with Gasteiger partial charge < -0.3 is 10.6 Å². The van der Waals surface area contributed by atoms with Crippen molar-refractivity contribution in [2.24, 2.45) is 5.73 Å². The summed E-state index contributed by atoms with van der Waals surface area (Å²) in [6.45, 7) is 3.61. The molecule has 3 nitrogen and oxygen atoms in total. The molecule has 0 aliphatic carbocycles. The molecule has 1 amide bonds. The first-order valence-electron chi connectivity index (χ1n) is 3.30. The first-order valence-corrected chi connectivity index (χ1v) is 3.30. The van der Waals surface area contributed by atoms with E-state index in [2.05, 4.69) is 0 Å². The number of nitrogens with two attached hydrogens (primary N) is 1. The molecule has 1 heterocycles. The molecule has 1 atom stereocenters. The van der Waals surface area contributed by atoms with Crippen LogP contribution in [0.4, 0.5) is 0 Å². The summed E-state index contributed by atoms with van der Waals surface area (Å²) in [6, 6.07) is -0.218. The molecule has 0 aromatic carbocycles. The van der Waals surface area contributed by atoms with Crippen LogP contribution in [0.25, 0.3) is 0 Å². The SMILES string of the molecule is CCN1CC[C@H](N)C1=O. The Labute approximate surface area is 54.8 Å². The van der Waals surface area contributed by atoms with E-state index < -0.39 is 0 Å². The van der Waals surface area contributed by atoms with Crippen molar-refractivity contribution in [3.05, 3.63) is 0 Å². The minimum Gasteiger partial charge on any atom is -0.342 e. The fourth-order valence-corrected chi connectivity index (χ4v) is 1.08. The monoisotopic (exact) mass is 128 g/mol. The van der Waals surface area contributed by atoms with Gasteiger partial charge in [-0.05, 0) is 13.3 Å². The maximum atomic E-state index is 10.9. The molecule has 2 N–H and O–H groups in total. The molecule has 1 rings (SSSR count). The lowest BCUT2D eigenvalue weighted by molar-refractivity contribution is -0.128. The molecule has 52 valence electrons. The second-order valence-electron chi connectivity index (χ2n) is 2.31. The van der Waals surface area contributed by atoms with Gasteiger partial charge in [-0.3, -0.25) is 4.79 Å². The van der Waals surface area contributed by atoms with E-state index in [4.69, 9.17) is 5.73 Å². The lowest BCUT2D eigenvalue weighted by Gasteiger charge is -2.11. The van der Waals surface area contributed by atoms with Gasteiger partial charge in [-0.1, -0.05) is 0 Å². The zero-order valence-corrected chi connectivity index (χ0v) is 5.63. The van der Waals surface area contributed by atoms with E-state index in [-0.39, 0.29) is 11.9 Å². The number of amides is 1. The van der Waals surface area contributed by atoms with Crippen LogP contribution in [-0.4, -0.2) is 29.9 Å². The van der Waals surface area contributed by atoms with Gasteiger partial charge in [-0.15, -0.1) is 0 Å². The largest absolute Gasteiger partial charge is 0.342 e. The molecule has 0 spiro atoms. The number of nitrogens with zero attached hydrogens (tertiary/aromatic N) is 1. The lowest BCUT2D eigenvalue weighted by atomic mass is 10.3. The summed E-state index contributed by atoms with van der Waals surface area (Å²) in [4.78, 5) is 12.7.